The first-order valence-electron chi connectivity index (χ1n) is 10.2. The number of piperazine rings is 1. The van der Waals surface area contributed by atoms with Gasteiger partial charge in [-0.25, -0.2) is 0 Å². The minimum atomic E-state index is -0.509. The van der Waals surface area contributed by atoms with Crippen LogP contribution >= 0.6 is 0 Å². The van der Waals surface area contributed by atoms with Crippen LogP contribution in [0.25, 0.3) is 10.9 Å². The molecule has 2 aromatic carbocycles. The van der Waals surface area contributed by atoms with Gasteiger partial charge in [0, 0.05) is 28.4 Å². The lowest BCUT2D eigenvalue weighted by Crippen LogP contribution is -3.16. The highest BCUT2D eigenvalue weighted by Crippen LogP contribution is 2.27. The van der Waals surface area contributed by atoms with Crippen LogP contribution in [0, 0.1) is 0 Å². The second-order valence-corrected chi connectivity index (χ2v) is 7.82. The zero-order valence-corrected chi connectivity index (χ0v) is 17.3. The Morgan fingerprint density at radius 1 is 1.14 bits per heavy atom. The fourth-order valence-electron chi connectivity index (χ4n) is 4.38. The number of hydrogen-bond donors (Lipinski definition) is 3. The molecular weight excluding hydrogens is 366 g/mol. The second-order valence-electron chi connectivity index (χ2n) is 7.82. The van der Waals surface area contributed by atoms with E-state index in [0.717, 1.165) is 47.6 Å². The summed E-state index contributed by atoms with van der Waals surface area (Å²) in [7, 11) is 3.35. The zero-order chi connectivity index (χ0) is 20.4. The zero-order valence-electron chi connectivity index (χ0n) is 17.3. The van der Waals surface area contributed by atoms with Gasteiger partial charge in [-0.15, -0.1) is 0 Å². The molecule has 1 saturated heterocycles. The van der Waals surface area contributed by atoms with E-state index in [0.29, 0.717) is 12.6 Å². The number of anilines is 1. The van der Waals surface area contributed by atoms with Crippen LogP contribution in [-0.2, 0) is 0 Å². The van der Waals surface area contributed by atoms with Crippen molar-refractivity contribution in [3.8, 4) is 11.5 Å². The molecule has 3 N–H and O–H groups in total. The highest BCUT2D eigenvalue weighted by Gasteiger charge is 2.29. The van der Waals surface area contributed by atoms with Gasteiger partial charge in [-0.05, 0) is 49.4 Å². The van der Waals surface area contributed by atoms with Crippen LogP contribution < -0.4 is 19.3 Å². The summed E-state index contributed by atoms with van der Waals surface area (Å²) in [5.74, 6) is 1.68. The molecule has 3 aromatic rings. The second kappa shape index (κ2) is 8.35. The van der Waals surface area contributed by atoms with Crippen LogP contribution in [-0.4, -0.2) is 56.5 Å². The predicted molar refractivity (Wildman–Crippen MR) is 115 cm³/mol. The summed E-state index contributed by atoms with van der Waals surface area (Å²) in [6.07, 6.45) is 1.41. The highest BCUT2D eigenvalue weighted by atomic mass is 16.5. The molecule has 29 heavy (non-hydrogen) atoms. The third-order valence-electron chi connectivity index (χ3n) is 5.99. The van der Waals surface area contributed by atoms with E-state index in [-0.39, 0.29) is 0 Å². The number of aliphatic hydroxyl groups excluding tert-OH is 1. The van der Waals surface area contributed by atoms with Gasteiger partial charge < -0.3 is 29.4 Å². The fraction of sp³-hybridized carbons (Fsp3) is 0.391. The number of ether oxygens (including phenoxy) is 2. The van der Waals surface area contributed by atoms with Gasteiger partial charge >= 0.3 is 0 Å². The number of nitrogens with zero attached hydrogens (tertiary/aromatic N) is 1. The lowest BCUT2D eigenvalue weighted by atomic mass is 10.1. The largest absolute Gasteiger partial charge is 0.497 e. The van der Waals surface area contributed by atoms with Crippen molar-refractivity contribution in [3.05, 3.63) is 54.2 Å². The molecule has 4 rings (SSSR count). The highest BCUT2D eigenvalue weighted by molar-refractivity contribution is 5.85. The summed E-state index contributed by atoms with van der Waals surface area (Å²) in [5.41, 5.74) is 3.19. The quantitative estimate of drug-likeness (QED) is 0.597. The number of rotatable bonds is 6. The number of nitrogens with one attached hydrogen (secondary N) is 2. The van der Waals surface area contributed by atoms with Crippen LogP contribution in [0.3, 0.4) is 0 Å². The van der Waals surface area contributed by atoms with Gasteiger partial charge in [0.1, 0.15) is 24.1 Å². The normalized spacial score (nSPS) is 20.6. The Kier molecular flexibility index (Phi) is 5.65. The Labute approximate surface area is 171 Å². The number of methoxy groups -OCH3 is 2. The first-order valence-corrected chi connectivity index (χ1v) is 10.2. The molecule has 1 aromatic heterocycles. The van der Waals surface area contributed by atoms with Crippen LogP contribution in [0.1, 0.15) is 18.6 Å². The molecular formula is C23H30N3O3+. The molecule has 1 unspecified atom stereocenters. The monoisotopic (exact) mass is 396 g/mol. The summed E-state index contributed by atoms with van der Waals surface area (Å²) in [6.45, 7) is 5.92. The van der Waals surface area contributed by atoms with E-state index in [1.165, 1.54) is 10.6 Å². The molecule has 0 saturated carbocycles. The molecule has 154 valence electrons. The van der Waals surface area contributed by atoms with Crippen molar-refractivity contribution >= 4 is 16.6 Å². The number of quaternary nitrogens is 1. The van der Waals surface area contributed by atoms with E-state index in [4.69, 9.17) is 9.47 Å². The summed E-state index contributed by atoms with van der Waals surface area (Å²) >= 11 is 0. The molecule has 0 radical (unpaired) electrons. The minimum Gasteiger partial charge on any atom is -0.497 e. The number of aromatic nitrogens is 1. The lowest BCUT2D eigenvalue weighted by molar-refractivity contribution is -0.906. The average molecular weight is 397 g/mol. The van der Waals surface area contributed by atoms with Crippen LogP contribution in [0.15, 0.2) is 48.7 Å². The standard InChI is InChI=1S/C23H29N3O3/c1-16-14-25(10-11-26(16)17-4-6-18(28-2)7-5-17)15-23(27)21-13-24-22-9-8-19(29-3)12-20(21)22/h4-9,12-13,16,23-24,27H,10-11,14-15H2,1-3H3/p+1/t16-,23+/m0/s1. The Morgan fingerprint density at radius 3 is 2.55 bits per heavy atom. The van der Waals surface area contributed by atoms with E-state index in [9.17, 15) is 5.11 Å². The Morgan fingerprint density at radius 2 is 1.86 bits per heavy atom. The molecule has 1 fully saturated rings. The number of fused-ring (bicyclic) bond motifs is 1. The lowest BCUT2D eigenvalue weighted by Gasteiger charge is -2.39. The molecule has 0 amide bonds. The SMILES string of the molecule is COc1ccc(N2CC[NH+](C[C@@H](O)c3c[nH]c4ccc(OC)cc34)C[C@@H]2C)cc1. The smallest absolute Gasteiger partial charge is 0.130 e. The minimum absolute atomic E-state index is 0.405. The molecule has 0 spiro atoms. The maximum atomic E-state index is 10.9. The molecule has 6 nitrogen and oxygen atoms in total. The van der Waals surface area contributed by atoms with Crippen LogP contribution in [0.4, 0.5) is 5.69 Å². The molecule has 1 aliphatic heterocycles. The third-order valence-corrected chi connectivity index (χ3v) is 5.99. The number of H-pyrrole nitrogens is 1. The summed E-state index contributed by atoms with van der Waals surface area (Å²) in [6, 6.07) is 14.6. The van der Waals surface area contributed by atoms with Gasteiger partial charge in [-0.3, -0.25) is 0 Å². The first-order chi connectivity index (χ1) is 14.1. The van der Waals surface area contributed by atoms with Crippen LogP contribution in [0.5, 0.6) is 11.5 Å². The van der Waals surface area contributed by atoms with Gasteiger partial charge in [0.15, 0.2) is 0 Å². The fourth-order valence-corrected chi connectivity index (χ4v) is 4.38. The number of aromatic amines is 1. The molecule has 2 heterocycles. The molecule has 1 aliphatic rings. The Hall–Kier alpha value is -2.70. The van der Waals surface area contributed by atoms with Gasteiger partial charge in [-0.1, -0.05) is 0 Å². The van der Waals surface area contributed by atoms with E-state index < -0.39 is 6.10 Å². The van der Waals surface area contributed by atoms with Crippen molar-refractivity contribution in [1.29, 1.82) is 0 Å². The van der Waals surface area contributed by atoms with E-state index in [2.05, 4.69) is 28.9 Å². The topological polar surface area (TPSA) is 62.2 Å². The number of benzene rings is 2. The molecule has 0 bridgehead atoms. The Bertz CT molecular complexity index is 954. The van der Waals surface area contributed by atoms with E-state index in [1.54, 1.807) is 14.2 Å². The van der Waals surface area contributed by atoms with Gasteiger partial charge in [0.2, 0.25) is 0 Å². The maximum absolute atomic E-state index is 10.9. The van der Waals surface area contributed by atoms with Crippen molar-refractivity contribution in [2.45, 2.75) is 19.1 Å². The van der Waals surface area contributed by atoms with Gasteiger partial charge in [0.25, 0.3) is 0 Å². The van der Waals surface area contributed by atoms with E-state index in [1.807, 2.05) is 36.5 Å². The molecule has 6 heteroatoms. The van der Waals surface area contributed by atoms with Crippen molar-refractivity contribution in [1.82, 2.24) is 4.98 Å². The number of aliphatic hydroxyl groups is 1. The van der Waals surface area contributed by atoms with E-state index >= 15 is 0 Å². The molecule has 0 aliphatic carbocycles. The summed E-state index contributed by atoms with van der Waals surface area (Å²) in [4.78, 5) is 7.12. The Balaban J connectivity index is 1.42. The molecule has 3 atom stereocenters. The van der Waals surface area contributed by atoms with Gasteiger partial charge in [0.05, 0.1) is 39.9 Å². The number of hydrogen-bond acceptors (Lipinski definition) is 4. The van der Waals surface area contributed by atoms with Gasteiger partial charge in [-0.2, -0.15) is 0 Å². The third kappa shape index (κ3) is 4.04. The van der Waals surface area contributed by atoms with Crippen molar-refractivity contribution < 1.29 is 19.5 Å². The van der Waals surface area contributed by atoms with Crippen molar-refractivity contribution in [2.75, 3.05) is 45.3 Å². The van der Waals surface area contributed by atoms with Crippen molar-refractivity contribution in [3.63, 3.8) is 0 Å². The summed E-state index contributed by atoms with van der Waals surface area (Å²) < 4.78 is 10.6. The maximum Gasteiger partial charge on any atom is 0.130 e. The summed E-state index contributed by atoms with van der Waals surface area (Å²) in [5, 5.41) is 12.0. The predicted octanol–water partition coefficient (Wildman–Crippen LogP) is 2.01. The average Bonchev–Trinajstić information content (AvgIpc) is 3.17. The van der Waals surface area contributed by atoms with Crippen molar-refractivity contribution in [2.24, 2.45) is 0 Å². The van der Waals surface area contributed by atoms with Crippen LogP contribution in [0.2, 0.25) is 0 Å². The first kappa shape index (κ1) is 19.6.